The summed E-state index contributed by atoms with van der Waals surface area (Å²) in [7, 11) is 0. The molecule has 0 saturated carbocycles. The van der Waals surface area contributed by atoms with Crippen LogP contribution in [-0.4, -0.2) is 9.78 Å². The number of nitrogens with one attached hydrogen (secondary N) is 1. The fraction of sp³-hybridized carbons (Fsp3) is 0.100. The molecule has 0 bridgehead atoms. The molecule has 1 heterocycles. The van der Waals surface area contributed by atoms with Crippen molar-refractivity contribution in [1.29, 1.82) is 0 Å². The lowest BCUT2D eigenvalue weighted by Crippen LogP contribution is -2.15. The molecule has 0 radical (unpaired) electrons. The molecule has 1 N–H and O–H groups in total. The molecule has 0 spiro atoms. The topological polar surface area (TPSA) is 37.8 Å². The fourth-order valence-corrected chi connectivity index (χ4v) is 1.72. The summed E-state index contributed by atoms with van der Waals surface area (Å²) in [5.74, 6) is -0.818. The van der Waals surface area contributed by atoms with Gasteiger partial charge in [-0.3, -0.25) is 9.89 Å². The summed E-state index contributed by atoms with van der Waals surface area (Å²) >= 11 is 3.01. The van der Waals surface area contributed by atoms with E-state index in [0.717, 1.165) is 6.07 Å². The Hall–Kier alpha value is -1.57. The van der Waals surface area contributed by atoms with Crippen LogP contribution in [0.25, 0.3) is 5.69 Å². The summed E-state index contributed by atoms with van der Waals surface area (Å²) in [5, 5.41) is 1.82. The van der Waals surface area contributed by atoms with Crippen LogP contribution in [0.4, 0.5) is 17.6 Å². The average Bonchev–Trinajstić information content (AvgIpc) is 2.60. The molecule has 0 saturated heterocycles. The van der Waals surface area contributed by atoms with Gasteiger partial charge in [-0.15, -0.1) is 0 Å². The highest BCUT2D eigenvalue weighted by Gasteiger charge is 2.33. The normalized spacial score (nSPS) is 11.8. The van der Waals surface area contributed by atoms with E-state index < -0.39 is 23.2 Å². The molecule has 1 aromatic heterocycles. The van der Waals surface area contributed by atoms with Gasteiger partial charge in [-0.1, -0.05) is 15.9 Å². The fourth-order valence-electron chi connectivity index (χ4n) is 1.38. The number of halogens is 5. The Balaban J connectivity index is 2.58. The van der Waals surface area contributed by atoms with E-state index in [1.807, 2.05) is 5.10 Å². The molecular formula is C10H5BrF4N2O. The summed E-state index contributed by atoms with van der Waals surface area (Å²) in [4.78, 5) is 11.4. The van der Waals surface area contributed by atoms with Crippen molar-refractivity contribution in [2.24, 2.45) is 0 Å². The van der Waals surface area contributed by atoms with E-state index >= 15 is 0 Å². The predicted octanol–water partition coefficient (Wildman–Crippen LogP) is 3.09. The van der Waals surface area contributed by atoms with Crippen molar-refractivity contribution in [2.75, 3.05) is 0 Å². The van der Waals surface area contributed by atoms with E-state index in [0.29, 0.717) is 15.2 Å². The van der Waals surface area contributed by atoms with Gasteiger partial charge in [0, 0.05) is 10.5 Å². The summed E-state index contributed by atoms with van der Waals surface area (Å²) in [6.45, 7) is 0. The van der Waals surface area contributed by atoms with Gasteiger partial charge in [0.2, 0.25) is 0 Å². The molecule has 0 aliphatic carbocycles. The highest BCUT2D eigenvalue weighted by Crippen LogP contribution is 2.27. The third kappa shape index (κ3) is 2.33. The summed E-state index contributed by atoms with van der Waals surface area (Å²) in [6.07, 6.45) is -4.68. The largest absolute Gasteiger partial charge is 0.432 e. The van der Waals surface area contributed by atoms with Crippen LogP contribution in [0.2, 0.25) is 0 Å². The van der Waals surface area contributed by atoms with Gasteiger partial charge < -0.3 is 0 Å². The lowest BCUT2D eigenvalue weighted by atomic mass is 10.3. The first-order chi connectivity index (χ1) is 8.29. The first kappa shape index (κ1) is 12.9. The van der Waals surface area contributed by atoms with Crippen LogP contribution >= 0.6 is 15.9 Å². The third-order valence-corrected chi connectivity index (χ3v) is 2.67. The Kier molecular flexibility index (Phi) is 3.05. The monoisotopic (exact) mass is 324 g/mol. The number of H-pyrrole nitrogens is 1. The Bertz CT molecular complexity index is 644. The SMILES string of the molecule is O=c1cc(C(F)(F)F)[nH]n1-c1ccc(Br)cc1F. The van der Waals surface area contributed by atoms with Crippen molar-refractivity contribution in [3.05, 3.63) is 50.6 Å². The van der Waals surface area contributed by atoms with Gasteiger partial charge in [-0.05, 0) is 18.2 Å². The molecule has 1 aromatic carbocycles. The Morgan fingerprint density at radius 3 is 2.39 bits per heavy atom. The van der Waals surface area contributed by atoms with Crippen LogP contribution in [0.3, 0.4) is 0 Å². The zero-order valence-electron chi connectivity index (χ0n) is 8.55. The van der Waals surface area contributed by atoms with Gasteiger partial charge in [-0.25, -0.2) is 9.07 Å². The van der Waals surface area contributed by atoms with Crippen molar-refractivity contribution in [2.45, 2.75) is 6.18 Å². The molecule has 0 atom stereocenters. The maximum absolute atomic E-state index is 13.5. The van der Waals surface area contributed by atoms with Crippen LogP contribution in [0.15, 0.2) is 33.5 Å². The van der Waals surface area contributed by atoms with Crippen LogP contribution < -0.4 is 5.56 Å². The number of nitrogens with zero attached hydrogens (tertiary/aromatic N) is 1. The summed E-state index contributed by atoms with van der Waals surface area (Å²) in [5.41, 5.74) is -2.49. The Morgan fingerprint density at radius 2 is 1.89 bits per heavy atom. The minimum atomic E-state index is -4.68. The van der Waals surface area contributed by atoms with Crippen molar-refractivity contribution < 1.29 is 17.6 Å². The second-order valence-corrected chi connectivity index (χ2v) is 4.35. The molecule has 0 aliphatic rings. The van der Waals surface area contributed by atoms with Crippen molar-refractivity contribution in [1.82, 2.24) is 9.78 Å². The molecule has 8 heteroatoms. The maximum Gasteiger partial charge on any atom is 0.432 e. The molecular weight excluding hydrogens is 320 g/mol. The van der Waals surface area contributed by atoms with E-state index in [2.05, 4.69) is 15.9 Å². The average molecular weight is 325 g/mol. The number of alkyl halides is 3. The number of benzene rings is 1. The molecule has 0 fully saturated rings. The number of aromatic amines is 1. The molecule has 2 aromatic rings. The molecule has 18 heavy (non-hydrogen) atoms. The van der Waals surface area contributed by atoms with Gasteiger partial charge in [-0.2, -0.15) is 13.2 Å². The van der Waals surface area contributed by atoms with Crippen LogP contribution in [0, 0.1) is 5.82 Å². The Labute approximate surface area is 106 Å². The second kappa shape index (κ2) is 4.27. The number of aromatic nitrogens is 2. The quantitative estimate of drug-likeness (QED) is 0.804. The van der Waals surface area contributed by atoms with Gasteiger partial charge in [0.05, 0.1) is 0 Å². The van der Waals surface area contributed by atoms with E-state index in [4.69, 9.17) is 0 Å². The third-order valence-electron chi connectivity index (χ3n) is 2.18. The second-order valence-electron chi connectivity index (χ2n) is 3.44. The number of rotatable bonds is 1. The smallest absolute Gasteiger partial charge is 0.286 e. The minimum absolute atomic E-state index is 0.279. The van der Waals surface area contributed by atoms with Crippen LogP contribution in [0.1, 0.15) is 5.69 Å². The number of hydrogen-bond donors (Lipinski definition) is 1. The molecule has 96 valence electrons. The molecule has 0 unspecified atom stereocenters. The number of hydrogen-bond acceptors (Lipinski definition) is 1. The molecule has 3 nitrogen and oxygen atoms in total. The maximum atomic E-state index is 13.5. The highest BCUT2D eigenvalue weighted by atomic mass is 79.9. The van der Waals surface area contributed by atoms with Gasteiger partial charge >= 0.3 is 6.18 Å². The van der Waals surface area contributed by atoms with E-state index in [1.54, 1.807) is 0 Å². The summed E-state index contributed by atoms with van der Waals surface area (Å²) in [6, 6.07) is 4.04. The zero-order chi connectivity index (χ0) is 13.5. The van der Waals surface area contributed by atoms with E-state index in [9.17, 15) is 22.4 Å². The highest BCUT2D eigenvalue weighted by molar-refractivity contribution is 9.10. The predicted molar refractivity (Wildman–Crippen MR) is 59.0 cm³/mol. The lowest BCUT2D eigenvalue weighted by molar-refractivity contribution is -0.141. The minimum Gasteiger partial charge on any atom is -0.286 e. The standard InChI is InChI=1S/C10H5BrF4N2O/c11-5-1-2-7(6(12)3-5)17-9(18)4-8(16-17)10(13,14)15/h1-4,16H. The van der Waals surface area contributed by atoms with Gasteiger partial charge in [0.25, 0.3) is 5.56 Å². The van der Waals surface area contributed by atoms with Crippen LogP contribution in [-0.2, 0) is 6.18 Å². The Morgan fingerprint density at radius 1 is 1.22 bits per heavy atom. The first-order valence-electron chi connectivity index (χ1n) is 4.64. The van der Waals surface area contributed by atoms with Gasteiger partial charge in [0.1, 0.15) is 17.2 Å². The van der Waals surface area contributed by atoms with Crippen molar-refractivity contribution in [3.63, 3.8) is 0 Å². The van der Waals surface area contributed by atoms with E-state index in [-0.39, 0.29) is 5.69 Å². The van der Waals surface area contributed by atoms with E-state index in [1.165, 1.54) is 12.1 Å². The lowest BCUT2D eigenvalue weighted by Gasteiger charge is -2.05. The van der Waals surface area contributed by atoms with Gasteiger partial charge in [0.15, 0.2) is 0 Å². The summed E-state index contributed by atoms with van der Waals surface area (Å²) < 4.78 is 51.6. The molecule has 2 rings (SSSR count). The van der Waals surface area contributed by atoms with Crippen LogP contribution in [0.5, 0.6) is 0 Å². The van der Waals surface area contributed by atoms with Crippen molar-refractivity contribution >= 4 is 15.9 Å². The first-order valence-corrected chi connectivity index (χ1v) is 5.43. The zero-order valence-corrected chi connectivity index (χ0v) is 10.1. The molecule has 0 aliphatic heterocycles. The van der Waals surface area contributed by atoms with Crippen molar-refractivity contribution in [3.8, 4) is 5.69 Å². The molecule has 0 amide bonds.